The molecule has 0 heterocycles. The molecule has 0 aliphatic carbocycles. The summed E-state index contributed by atoms with van der Waals surface area (Å²) in [6, 6.07) is 12.2. The maximum absolute atomic E-state index is 13.8. The third kappa shape index (κ3) is 3.30. The largest absolute Gasteiger partial charge is 0.398 e. The first-order chi connectivity index (χ1) is 9.49. The number of nitrogens with two attached hydrogens (primary N) is 1. The minimum atomic E-state index is -0.189. The molecule has 2 aromatic rings. The molecule has 106 valence electrons. The van der Waals surface area contributed by atoms with Gasteiger partial charge in [0, 0.05) is 28.9 Å². The van der Waals surface area contributed by atoms with Gasteiger partial charge in [0.15, 0.2) is 0 Å². The molecule has 2 aromatic carbocycles. The van der Waals surface area contributed by atoms with Crippen molar-refractivity contribution in [3.63, 3.8) is 0 Å². The Balaban J connectivity index is 2.17. The molecule has 0 aliphatic heterocycles. The van der Waals surface area contributed by atoms with Crippen LogP contribution in [0, 0.1) is 5.82 Å². The monoisotopic (exact) mass is 292 g/mol. The van der Waals surface area contributed by atoms with Crippen molar-refractivity contribution >= 4 is 17.3 Å². The first-order valence-electron chi connectivity index (χ1n) is 6.47. The molecule has 2 nitrogen and oxygen atoms in total. The van der Waals surface area contributed by atoms with Crippen LogP contribution in [-0.2, 0) is 6.54 Å². The Morgan fingerprint density at radius 1 is 1.25 bits per heavy atom. The van der Waals surface area contributed by atoms with E-state index in [9.17, 15) is 4.39 Å². The van der Waals surface area contributed by atoms with Gasteiger partial charge in [-0.15, -0.1) is 0 Å². The van der Waals surface area contributed by atoms with Gasteiger partial charge in [0.1, 0.15) is 5.82 Å². The Labute approximate surface area is 124 Å². The highest BCUT2D eigenvalue weighted by Gasteiger charge is 2.16. The number of benzene rings is 2. The van der Waals surface area contributed by atoms with Gasteiger partial charge in [-0.25, -0.2) is 4.39 Å². The molecule has 0 amide bonds. The van der Waals surface area contributed by atoms with Gasteiger partial charge in [-0.2, -0.15) is 0 Å². The van der Waals surface area contributed by atoms with Gasteiger partial charge in [0.25, 0.3) is 0 Å². The summed E-state index contributed by atoms with van der Waals surface area (Å²) in [4.78, 5) is 2.04. The lowest BCUT2D eigenvalue weighted by Crippen LogP contribution is -2.23. The minimum absolute atomic E-state index is 0.0467. The fourth-order valence-corrected chi connectivity index (χ4v) is 2.36. The van der Waals surface area contributed by atoms with Gasteiger partial charge in [-0.3, -0.25) is 4.90 Å². The smallest absolute Gasteiger partial charge is 0.127 e. The van der Waals surface area contributed by atoms with Crippen molar-refractivity contribution in [3.05, 3.63) is 64.4 Å². The van der Waals surface area contributed by atoms with E-state index in [1.807, 2.05) is 31.0 Å². The Hall–Kier alpha value is -1.58. The van der Waals surface area contributed by atoms with Crippen LogP contribution in [0.5, 0.6) is 0 Å². The average Bonchev–Trinajstić information content (AvgIpc) is 2.42. The van der Waals surface area contributed by atoms with E-state index in [4.69, 9.17) is 17.3 Å². The molecule has 2 rings (SSSR count). The average molecular weight is 293 g/mol. The normalized spacial score (nSPS) is 12.7. The summed E-state index contributed by atoms with van der Waals surface area (Å²) in [5.41, 5.74) is 8.27. The van der Waals surface area contributed by atoms with E-state index >= 15 is 0 Å². The molecule has 0 bridgehead atoms. The van der Waals surface area contributed by atoms with E-state index in [1.54, 1.807) is 24.3 Å². The zero-order valence-corrected chi connectivity index (χ0v) is 12.4. The van der Waals surface area contributed by atoms with E-state index in [2.05, 4.69) is 0 Å². The lowest BCUT2D eigenvalue weighted by molar-refractivity contribution is 0.248. The van der Waals surface area contributed by atoms with Gasteiger partial charge in [-0.05, 0) is 43.8 Å². The number of halogens is 2. The second kappa shape index (κ2) is 6.25. The Bertz CT molecular complexity index is 601. The van der Waals surface area contributed by atoms with Gasteiger partial charge in [0.05, 0.1) is 0 Å². The quantitative estimate of drug-likeness (QED) is 0.854. The van der Waals surface area contributed by atoms with E-state index in [-0.39, 0.29) is 11.9 Å². The van der Waals surface area contributed by atoms with Crippen LogP contribution in [0.4, 0.5) is 10.1 Å². The van der Waals surface area contributed by atoms with E-state index < -0.39 is 0 Å². The molecular weight excluding hydrogens is 275 g/mol. The molecule has 0 spiro atoms. The van der Waals surface area contributed by atoms with Crippen LogP contribution in [0.3, 0.4) is 0 Å². The highest BCUT2D eigenvalue weighted by molar-refractivity contribution is 6.30. The summed E-state index contributed by atoms with van der Waals surface area (Å²) in [6.45, 7) is 2.58. The zero-order valence-electron chi connectivity index (χ0n) is 11.6. The molecule has 0 fully saturated rings. The first kappa shape index (κ1) is 14.8. The van der Waals surface area contributed by atoms with Crippen molar-refractivity contribution in [1.29, 1.82) is 0 Å². The van der Waals surface area contributed by atoms with Crippen LogP contribution >= 0.6 is 11.6 Å². The summed E-state index contributed by atoms with van der Waals surface area (Å²) in [7, 11) is 1.94. The van der Waals surface area contributed by atoms with Crippen LogP contribution in [0.2, 0.25) is 5.02 Å². The molecule has 0 radical (unpaired) electrons. The van der Waals surface area contributed by atoms with Crippen molar-refractivity contribution in [1.82, 2.24) is 4.90 Å². The van der Waals surface area contributed by atoms with E-state index in [1.165, 1.54) is 6.07 Å². The van der Waals surface area contributed by atoms with Gasteiger partial charge < -0.3 is 5.73 Å². The summed E-state index contributed by atoms with van der Waals surface area (Å²) < 4.78 is 13.8. The predicted molar refractivity (Wildman–Crippen MR) is 82.1 cm³/mol. The maximum atomic E-state index is 13.8. The van der Waals surface area contributed by atoms with Crippen LogP contribution in [-0.4, -0.2) is 11.9 Å². The second-order valence-corrected chi connectivity index (χ2v) is 5.39. The predicted octanol–water partition coefficient (Wildman–Crippen LogP) is 4.25. The first-order valence-corrected chi connectivity index (χ1v) is 6.85. The summed E-state index contributed by atoms with van der Waals surface area (Å²) in [5, 5.41) is 0.654. The van der Waals surface area contributed by atoms with Crippen molar-refractivity contribution in [3.8, 4) is 0 Å². The molecule has 20 heavy (non-hydrogen) atoms. The molecular formula is C16H18ClFN2. The van der Waals surface area contributed by atoms with Crippen LogP contribution < -0.4 is 5.73 Å². The summed E-state index contributed by atoms with van der Waals surface area (Å²) in [5.74, 6) is -0.189. The van der Waals surface area contributed by atoms with E-state index in [0.717, 1.165) is 5.56 Å². The van der Waals surface area contributed by atoms with Gasteiger partial charge >= 0.3 is 0 Å². The molecule has 0 saturated heterocycles. The number of rotatable bonds is 4. The number of hydrogen-bond acceptors (Lipinski definition) is 2. The minimum Gasteiger partial charge on any atom is -0.398 e. The fourth-order valence-electron chi connectivity index (χ4n) is 2.17. The molecule has 0 saturated carbocycles. The summed E-state index contributed by atoms with van der Waals surface area (Å²) in [6.07, 6.45) is 0. The van der Waals surface area contributed by atoms with Gasteiger partial charge in [-0.1, -0.05) is 29.8 Å². The van der Waals surface area contributed by atoms with Crippen LogP contribution in [0.15, 0.2) is 42.5 Å². The van der Waals surface area contributed by atoms with Crippen LogP contribution in [0.1, 0.15) is 24.1 Å². The number of hydrogen-bond donors (Lipinski definition) is 1. The molecule has 1 atom stereocenters. The second-order valence-electron chi connectivity index (χ2n) is 4.96. The molecule has 4 heteroatoms. The van der Waals surface area contributed by atoms with Crippen LogP contribution in [0.25, 0.3) is 0 Å². The number of nitrogen functional groups attached to an aromatic ring is 1. The standard InChI is InChI=1S/C16H18ClFN2/c1-11(14-5-3-4-6-15(14)18)20(2)10-12-9-13(17)7-8-16(12)19/h3-9,11H,10,19H2,1-2H3. The number of anilines is 1. The number of nitrogens with zero attached hydrogens (tertiary/aromatic N) is 1. The van der Waals surface area contributed by atoms with Gasteiger partial charge in [0.2, 0.25) is 0 Å². The van der Waals surface area contributed by atoms with Crippen molar-refractivity contribution in [2.45, 2.75) is 19.5 Å². The highest BCUT2D eigenvalue weighted by Crippen LogP contribution is 2.25. The fraction of sp³-hybridized carbons (Fsp3) is 0.250. The molecule has 0 aromatic heterocycles. The molecule has 1 unspecified atom stereocenters. The highest BCUT2D eigenvalue weighted by atomic mass is 35.5. The third-order valence-electron chi connectivity index (χ3n) is 3.54. The van der Waals surface area contributed by atoms with Crippen molar-refractivity contribution < 1.29 is 4.39 Å². The lowest BCUT2D eigenvalue weighted by atomic mass is 10.1. The molecule has 0 aliphatic rings. The zero-order chi connectivity index (χ0) is 14.7. The SMILES string of the molecule is CC(c1ccccc1F)N(C)Cc1cc(Cl)ccc1N. The third-order valence-corrected chi connectivity index (χ3v) is 3.78. The Morgan fingerprint density at radius 2 is 1.95 bits per heavy atom. The van der Waals surface area contributed by atoms with E-state index in [0.29, 0.717) is 22.8 Å². The topological polar surface area (TPSA) is 29.3 Å². The molecule has 2 N–H and O–H groups in total. The maximum Gasteiger partial charge on any atom is 0.127 e. The Kier molecular flexibility index (Phi) is 4.63. The Morgan fingerprint density at radius 3 is 2.65 bits per heavy atom. The summed E-state index contributed by atoms with van der Waals surface area (Å²) >= 11 is 5.99. The van der Waals surface area contributed by atoms with Crippen molar-refractivity contribution in [2.75, 3.05) is 12.8 Å². The van der Waals surface area contributed by atoms with Crippen molar-refractivity contribution in [2.24, 2.45) is 0 Å². The lowest BCUT2D eigenvalue weighted by Gasteiger charge is -2.26.